The van der Waals surface area contributed by atoms with Crippen LogP contribution in [0.25, 0.3) is 0 Å². The summed E-state index contributed by atoms with van der Waals surface area (Å²) in [7, 11) is 0. The number of hydrogen-bond acceptors (Lipinski definition) is 4. The summed E-state index contributed by atoms with van der Waals surface area (Å²) in [5.41, 5.74) is 1.53. The molecule has 3 aliphatic rings. The number of piperidine rings is 1. The van der Waals surface area contributed by atoms with Crippen molar-refractivity contribution < 1.29 is 24.2 Å². The summed E-state index contributed by atoms with van der Waals surface area (Å²) in [5.74, 6) is 0.191. The molecule has 8 heteroatoms. The molecule has 3 N–H and O–H groups in total. The lowest BCUT2D eigenvalue weighted by atomic mass is 9.87. The van der Waals surface area contributed by atoms with Gasteiger partial charge in [0.15, 0.2) is 0 Å². The van der Waals surface area contributed by atoms with E-state index in [9.17, 15) is 19.5 Å². The number of ether oxygens (including phenoxy) is 1. The third-order valence-corrected chi connectivity index (χ3v) is 6.68. The van der Waals surface area contributed by atoms with Crippen LogP contribution < -0.4 is 15.4 Å². The number of carbonyl (C=O) groups is 3. The van der Waals surface area contributed by atoms with Gasteiger partial charge in [0.1, 0.15) is 11.5 Å². The van der Waals surface area contributed by atoms with Crippen molar-refractivity contribution in [1.82, 2.24) is 15.5 Å². The van der Waals surface area contributed by atoms with Crippen molar-refractivity contribution >= 4 is 17.9 Å². The number of amides is 3. The molecule has 2 bridgehead atoms. The van der Waals surface area contributed by atoms with Crippen LogP contribution >= 0.6 is 0 Å². The van der Waals surface area contributed by atoms with Gasteiger partial charge in [-0.2, -0.15) is 0 Å². The van der Waals surface area contributed by atoms with Crippen molar-refractivity contribution in [2.24, 2.45) is 0 Å². The minimum absolute atomic E-state index is 0.0404. The molecule has 0 saturated carbocycles. The van der Waals surface area contributed by atoms with E-state index < -0.39 is 12.0 Å². The molecule has 5 rings (SSSR count). The molecule has 2 fully saturated rings. The first-order valence-corrected chi connectivity index (χ1v) is 11.0. The Kier molecular flexibility index (Phi) is 5.20. The third-order valence-electron chi connectivity index (χ3n) is 6.68. The van der Waals surface area contributed by atoms with Crippen molar-refractivity contribution in [3.8, 4) is 11.5 Å². The fraction of sp³-hybridized carbons (Fsp3) is 0.375. The second kappa shape index (κ2) is 8.18. The highest BCUT2D eigenvalue weighted by atomic mass is 16.5. The van der Waals surface area contributed by atoms with E-state index in [2.05, 4.69) is 10.6 Å². The molecule has 2 aromatic carbocycles. The van der Waals surface area contributed by atoms with Crippen molar-refractivity contribution in [2.45, 2.75) is 49.7 Å². The normalized spacial score (nSPS) is 23.5. The molecule has 2 aromatic rings. The van der Waals surface area contributed by atoms with Crippen LogP contribution in [0, 0.1) is 0 Å². The molecule has 0 spiro atoms. The largest absolute Gasteiger partial charge is 0.465 e. The predicted octanol–water partition coefficient (Wildman–Crippen LogP) is 2.83. The minimum Gasteiger partial charge on any atom is -0.465 e. The molecule has 0 aliphatic carbocycles. The molecule has 166 valence electrons. The van der Waals surface area contributed by atoms with Gasteiger partial charge in [0.25, 0.3) is 0 Å². The quantitative estimate of drug-likeness (QED) is 0.685. The van der Waals surface area contributed by atoms with Crippen molar-refractivity contribution in [3.05, 3.63) is 59.7 Å². The fourth-order valence-electron chi connectivity index (χ4n) is 5.35. The molecule has 0 unspecified atom stereocenters. The monoisotopic (exact) mass is 435 g/mol. The minimum atomic E-state index is -0.883. The van der Waals surface area contributed by atoms with Gasteiger partial charge in [-0.05, 0) is 37.8 Å². The van der Waals surface area contributed by atoms with Gasteiger partial charge in [0, 0.05) is 29.3 Å². The number of benzene rings is 2. The van der Waals surface area contributed by atoms with Crippen LogP contribution in [0.2, 0.25) is 0 Å². The lowest BCUT2D eigenvalue weighted by Crippen LogP contribution is -2.53. The Morgan fingerprint density at radius 3 is 2.06 bits per heavy atom. The van der Waals surface area contributed by atoms with Gasteiger partial charge in [-0.15, -0.1) is 0 Å². The Balaban J connectivity index is 1.22. The van der Waals surface area contributed by atoms with E-state index in [0.717, 1.165) is 24.0 Å². The number of carbonyl (C=O) groups excluding carboxylic acids is 2. The van der Waals surface area contributed by atoms with Gasteiger partial charge in [0.2, 0.25) is 11.8 Å². The van der Waals surface area contributed by atoms with Gasteiger partial charge in [-0.3, -0.25) is 9.59 Å². The first-order chi connectivity index (χ1) is 15.5. The first kappa shape index (κ1) is 20.4. The topological polar surface area (TPSA) is 108 Å². The van der Waals surface area contributed by atoms with Crippen molar-refractivity contribution in [2.75, 3.05) is 6.54 Å². The predicted molar refractivity (Wildman–Crippen MR) is 116 cm³/mol. The zero-order chi connectivity index (χ0) is 22.2. The first-order valence-electron chi connectivity index (χ1n) is 11.0. The summed E-state index contributed by atoms with van der Waals surface area (Å²) < 4.78 is 5.93. The Morgan fingerprint density at radius 1 is 0.938 bits per heavy atom. The lowest BCUT2D eigenvalue weighted by Gasteiger charge is -2.37. The molecular formula is C24H25N3O5. The Labute approximate surface area is 185 Å². The van der Waals surface area contributed by atoms with E-state index in [-0.39, 0.29) is 36.5 Å². The number of fused-ring (bicyclic) bond motifs is 4. The van der Waals surface area contributed by atoms with Crippen molar-refractivity contribution in [3.63, 3.8) is 0 Å². The zero-order valence-electron chi connectivity index (χ0n) is 17.5. The zero-order valence-corrected chi connectivity index (χ0v) is 17.5. The lowest BCUT2D eigenvalue weighted by molar-refractivity contribution is -0.127. The van der Waals surface area contributed by atoms with Crippen molar-refractivity contribution in [1.29, 1.82) is 0 Å². The molecule has 0 radical (unpaired) electrons. The second-order valence-corrected chi connectivity index (χ2v) is 8.64. The number of carboxylic acid groups (broad SMARTS) is 1. The van der Waals surface area contributed by atoms with E-state index >= 15 is 0 Å². The summed E-state index contributed by atoms with van der Waals surface area (Å²) in [5, 5.41) is 15.1. The highest BCUT2D eigenvalue weighted by Gasteiger charge is 2.43. The maximum atomic E-state index is 13.1. The van der Waals surface area contributed by atoms with E-state index in [0.29, 0.717) is 24.3 Å². The number of para-hydroxylation sites is 2. The molecule has 32 heavy (non-hydrogen) atoms. The standard InChI is InChI=1S/C24H25N3O5/c28-21(26-14-11-15-9-10-16(12-14)27(15)24(30)31)13-25-23(29)22-17-5-1-3-7-19(17)32-20-8-4-2-6-18(20)22/h1-8,14-16,22H,9-13H2,(H,25,29)(H,26,28)(H,30,31)/t14-,15+,16-. The SMILES string of the molecule is O=C(CNC(=O)C1c2ccccc2Oc2ccccc21)N[C@H]1C[C@H]2CC[C@@H](C1)N2C(=O)O. The molecular weight excluding hydrogens is 410 g/mol. The van der Waals surface area contributed by atoms with E-state index in [4.69, 9.17) is 4.74 Å². The summed E-state index contributed by atoms with van der Waals surface area (Å²) >= 11 is 0. The summed E-state index contributed by atoms with van der Waals surface area (Å²) in [6.45, 7) is -0.130. The van der Waals surface area contributed by atoms with Crippen LogP contribution in [0.1, 0.15) is 42.7 Å². The summed E-state index contributed by atoms with van der Waals surface area (Å²) in [6.07, 6.45) is 2.02. The average molecular weight is 435 g/mol. The third kappa shape index (κ3) is 3.66. The maximum Gasteiger partial charge on any atom is 0.407 e. The van der Waals surface area contributed by atoms with E-state index in [1.54, 1.807) is 0 Å². The maximum absolute atomic E-state index is 13.1. The summed E-state index contributed by atoms with van der Waals surface area (Å²) in [6, 6.07) is 14.7. The second-order valence-electron chi connectivity index (χ2n) is 8.64. The van der Waals surface area contributed by atoms with Crippen LogP contribution in [-0.2, 0) is 9.59 Å². The number of nitrogens with one attached hydrogen (secondary N) is 2. The number of rotatable bonds is 4. The molecule has 3 atom stereocenters. The van der Waals surface area contributed by atoms with Crippen LogP contribution in [0.15, 0.2) is 48.5 Å². The molecule has 8 nitrogen and oxygen atoms in total. The average Bonchev–Trinajstić information content (AvgIpc) is 3.07. The van der Waals surface area contributed by atoms with Gasteiger partial charge in [-0.1, -0.05) is 36.4 Å². The molecule has 3 amide bonds. The Hall–Kier alpha value is -3.55. The van der Waals surface area contributed by atoms with Crippen LogP contribution in [0.4, 0.5) is 4.79 Å². The van der Waals surface area contributed by atoms with E-state index in [1.807, 2.05) is 48.5 Å². The van der Waals surface area contributed by atoms with Crippen LogP contribution in [-0.4, -0.2) is 52.6 Å². The fourth-order valence-corrected chi connectivity index (χ4v) is 5.35. The Morgan fingerprint density at radius 2 is 1.50 bits per heavy atom. The van der Waals surface area contributed by atoms with Gasteiger partial charge < -0.3 is 25.4 Å². The van der Waals surface area contributed by atoms with Gasteiger partial charge in [0.05, 0.1) is 12.5 Å². The van der Waals surface area contributed by atoms with Gasteiger partial charge >= 0.3 is 6.09 Å². The van der Waals surface area contributed by atoms with E-state index in [1.165, 1.54) is 4.90 Å². The van der Waals surface area contributed by atoms with Crippen LogP contribution in [0.3, 0.4) is 0 Å². The molecule has 2 saturated heterocycles. The smallest absolute Gasteiger partial charge is 0.407 e. The molecule has 3 heterocycles. The molecule has 0 aromatic heterocycles. The number of hydrogen-bond donors (Lipinski definition) is 3. The summed E-state index contributed by atoms with van der Waals surface area (Å²) in [4.78, 5) is 38.7. The Bertz CT molecular complexity index is 1010. The molecule has 3 aliphatic heterocycles. The van der Waals surface area contributed by atoms with Crippen LogP contribution in [0.5, 0.6) is 11.5 Å². The highest BCUT2D eigenvalue weighted by molar-refractivity contribution is 5.92. The number of nitrogens with zero attached hydrogens (tertiary/aromatic N) is 1. The highest BCUT2D eigenvalue weighted by Crippen LogP contribution is 2.43. The van der Waals surface area contributed by atoms with Gasteiger partial charge in [-0.25, -0.2) is 4.79 Å².